The molecule has 0 aromatic rings. The van der Waals surface area contributed by atoms with Crippen LogP contribution in [0, 0.1) is 5.92 Å². The topological polar surface area (TPSA) is 40.5 Å². The maximum absolute atomic E-state index is 13.8. The summed E-state index contributed by atoms with van der Waals surface area (Å²) in [5, 5.41) is 18.2. The molecule has 0 heterocycles. The summed E-state index contributed by atoms with van der Waals surface area (Å²) < 4.78 is 169. The third kappa shape index (κ3) is 3.34. The lowest BCUT2D eigenvalue weighted by atomic mass is 9.77. The summed E-state index contributed by atoms with van der Waals surface area (Å²) in [6.45, 7) is 0. The van der Waals surface area contributed by atoms with Crippen LogP contribution in [0.3, 0.4) is 0 Å². The Labute approximate surface area is 141 Å². The van der Waals surface area contributed by atoms with Crippen LogP contribution in [-0.4, -0.2) is 58.2 Å². The molecule has 1 aliphatic carbocycles. The maximum Gasteiger partial charge on any atom is 0.460 e. The van der Waals surface area contributed by atoms with Gasteiger partial charge in [-0.3, -0.25) is 0 Å². The van der Waals surface area contributed by atoms with Crippen molar-refractivity contribution >= 4 is 0 Å². The van der Waals surface area contributed by atoms with E-state index in [1.54, 1.807) is 0 Å². The zero-order valence-corrected chi connectivity index (χ0v) is 12.7. The number of rotatable bonds is 5. The van der Waals surface area contributed by atoms with Gasteiger partial charge in [0, 0.05) is 5.92 Å². The molecule has 0 aromatic heterocycles. The Balaban J connectivity index is 3.37. The first kappa shape index (κ1) is 24.0. The van der Waals surface area contributed by atoms with E-state index in [1.807, 2.05) is 0 Å². The zero-order valence-electron chi connectivity index (χ0n) is 12.7. The molecule has 15 heteroatoms. The van der Waals surface area contributed by atoms with Gasteiger partial charge in [-0.2, -0.15) is 57.1 Å². The molecule has 3 unspecified atom stereocenters. The highest BCUT2D eigenvalue weighted by atomic mass is 19.4. The molecule has 27 heavy (non-hydrogen) atoms. The van der Waals surface area contributed by atoms with Gasteiger partial charge in [0.15, 0.2) is 0 Å². The summed E-state index contributed by atoms with van der Waals surface area (Å²) in [4.78, 5) is 0. The normalized spacial score (nSPS) is 27.0. The average Bonchev–Trinajstić information content (AvgIpc) is 2.47. The monoisotopic (exact) mass is 434 g/mol. The first-order chi connectivity index (χ1) is 11.7. The zero-order chi connectivity index (χ0) is 21.9. The number of hydrogen-bond donors (Lipinski definition) is 2. The highest BCUT2D eigenvalue weighted by molar-refractivity contribution is 5.11. The van der Waals surface area contributed by atoms with E-state index in [-0.39, 0.29) is 0 Å². The molecule has 2 N–H and O–H groups in total. The van der Waals surface area contributed by atoms with Gasteiger partial charge in [0.2, 0.25) is 0 Å². The molecular formula is C12H11F13O2. The summed E-state index contributed by atoms with van der Waals surface area (Å²) >= 11 is 0. The van der Waals surface area contributed by atoms with Gasteiger partial charge >= 0.3 is 35.8 Å². The van der Waals surface area contributed by atoms with Gasteiger partial charge in [0.1, 0.15) is 0 Å². The second-order valence-corrected chi connectivity index (χ2v) is 6.06. The summed E-state index contributed by atoms with van der Waals surface area (Å²) in [6, 6.07) is 0. The average molecular weight is 434 g/mol. The molecule has 0 bridgehead atoms. The van der Waals surface area contributed by atoms with Crippen LogP contribution in [-0.2, 0) is 0 Å². The van der Waals surface area contributed by atoms with Crippen LogP contribution >= 0.6 is 0 Å². The fraction of sp³-hybridized carbons (Fsp3) is 1.00. The second-order valence-electron chi connectivity index (χ2n) is 6.06. The minimum Gasteiger partial charge on any atom is -0.390 e. The molecule has 1 rings (SSSR count). The lowest BCUT2D eigenvalue weighted by Gasteiger charge is -2.43. The van der Waals surface area contributed by atoms with Gasteiger partial charge in [-0.1, -0.05) is 0 Å². The Kier molecular flexibility index (Phi) is 5.81. The van der Waals surface area contributed by atoms with E-state index in [1.165, 1.54) is 0 Å². The van der Waals surface area contributed by atoms with Crippen molar-refractivity contribution in [2.24, 2.45) is 5.92 Å². The fourth-order valence-corrected chi connectivity index (χ4v) is 2.50. The Morgan fingerprint density at radius 1 is 0.519 bits per heavy atom. The molecule has 1 aliphatic rings. The number of aliphatic hydroxyl groups is 2. The van der Waals surface area contributed by atoms with Crippen LogP contribution in [0.1, 0.15) is 19.3 Å². The predicted octanol–water partition coefficient (Wildman–Crippen LogP) is 4.25. The Hall–Kier alpha value is -0.990. The second kappa shape index (κ2) is 6.52. The molecule has 1 fully saturated rings. The maximum atomic E-state index is 13.8. The molecule has 0 amide bonds. The van der Waals surface area contributed by atoms with Gasteiger partial charge in [-0.25, -0.2) is 0 Å². The third-order valence-electron chi connectivity index (χ3n) is 4.25. The van der Waals surface area contributed by atoms with Gasteiger partial charge in [-0.15, -0.1) is 0 Å². The van der Waals surface area contributed by atoms with Crippen molar-refractivity contribution in [1.29, 1.82) is 0 Å². The Morgan fingerprint density at radius 2 is 0.926 bits per heavy atom. The van der Waals surface area contributed by atoms with E-state index >= 15 is 0 Å². The quantitative estimate of drug-likeness (QED) is 0.636. The largest absolute Gasteiger partial charge is 0.460 e. The van der Waals surface area contributed by atoms with Crippen LogP contribution in [0.4, 0.5) is 57.1 Å². The van der Waals surface area contributed by atoms with E-state index in [2.05, 4.69) is 0 Å². The van der Waals surface area contributed by atoms with Crippen LogP contribution in [0.2, 0.25) is 0 Å². The van der Waals surface area contributed by atoms with Crippen LogP contribution in [0.25, 0.3) is 0 Å². The number of hydrogen-bond acceptors (Lipinski definition) is 2. The highest BCUT2D eigenvalue weighted by Crippen LogP contribution is 2.62. The first-order valence-electron chi connectivity index (χ1n) is 6.98. The van der Waals surface area contributed by atoms with Gasteiger partial charge in [-0.05, 0) is 19.3 Å². The van der Waals surface area contributed by atoms with Crippen molar-refractivity contribution in [3.05, 3.63) is 0 Å². The van der Waals surface area contributed by atoms with Crippen molar-refractivity contribution in [1.82, 2.24) is 0 Å². The highest BCUT2D eigenvalue weighted by Gasteiger charge is 2.91. The summed E-state index contributed by atoms with van der Waals surface area (Å²) in [6.07, 6.45) is -14.9. The molecule has 0 aromatic carbocycles. The predicted molar refractivity (Wildman–Crippen MR) is 60.1 cm³/mol. The molecule has 3 atom stereocenters. The molecule has 162 valence electrons. The van der Waals surface area contributed by atoms with Gasteiger partial charge < -0.3 is 10.2 Å². The van der Waals surface area contributed by atoms with Crippen LogP contribution in [0.15, 0.2) is 0 Å². The molecule has 1 saturated carbocycles. The molecular weight excluding hydrogens is 423 g/mol. The van der Waals surface area contributed by atoms with Crippen LogP contribution < -0.4 is 0 Å². The van der Waals surface area contributed by atoms with Gasteiger partial charge in [0.05, 0.1) is 12.2 Å². The third-order valence-corrected chi connectivity index (χ3v) is 4.25. The van der Waals surface area contributed by atoms with E-state index in [9.17, 15) is 57.1 Å². The number of aliphatic hydroxyl groups excluding tert-OH is 2. The molecule has 0 radical (unpaired) electrons. The fourth-order valence-electron chi connectivity index (χ4n) is 2.50. The summed E-state index contributed by atoms with van der Waals surface area (Å²) in [7, 11) is 0. The van der Waals surface area contributed by atoms with E-state index in [4.69, 9.17) is 10.2 Å². The smallest absolute Gasteiger partial charge is 0.390 e. The van der Waals surface area contributed by atoms with E-state index < -0.39 is 73.2 Å². The van der Waals surface area contributed by atoms with Crippen molar-refractivity contribution in [3.63, 3.8) is 0 Å². The first-order valence-corrected chi connectivity index (χ1v) is 6.98. The minimum atomic E-state index is -7.93. The SMILES string of the molecule is OC1CCC(C(F)(F)C(F)(F)C(F)(F)C(F)(F)C(F)(F)C(F)(F)F)CC1O. The molecule has 2 nitrogen and oxygen atoms in total. The number of alkyl halides is 13. The lowest BCUT2D eigenvalue weighted by molar-refractivity contribution is -0.443. The van der Waals surface area contributed by atoms with Crippen molar-refractivity contribution in [2.75, 3.05) is 0 Å². The molecule has 0 spiro atoms. The standard InChI is InChI=1S/C12H11F13O2/c13-7(14,4-1-2-5(26)6(27)3-4)8(15,16)9(17,18)10(19,20)11(21,22)12(23,24)25/h4-6,26-27H,1-3H2. The summed E-state index contributed by atoms with van der Waals surface area (Å²) in [5.41, 5.74) is 0. The van der Waals surface area contributed by atoms with Crippen molar-refractivity contribution in [2.45, 2.75) is 67.3 Å². The molecule has 0 aliphatic heterocycles. The molecule has 0 saturated heterocycles. The summed E-state index contributed by atoms with van der Waals surface area (Å²) in [5.74, 6) is -40.1. The van der Waals surface area contributed by atoms with Crippen molar-refractivity contribution < 1.29 is 67.3 Å². The van der Waals surface area contributed by atoms with E-state index in [0.717, 1.165) is 0 Å². The Morgan fingerprint density at radius 3 is 1.30 bits per heavy atom. The van der Waals surface area contributed by atoms with Gasteiger partial charge in [0.25, 0.3) is 0 Å². The number of halogens is 13. The van der Waals surface area contributed by atoms with E-state index in [0.29, 0.717) is 0 Å². The Bertz CT molecular complexity index is 542. The minimum absolute atomic E-state index is 0.863. The van der Waals surface area contributed by atoms with Crippen LogP contribution in [0.5, 0.6) is 0 Å². The lowest BCUT2D eigenvalue weighted by Crippen LogP contribution is -2.71. The van der Waals surface area contributed by atoms with Crippen molar-refractivity contribution in [3.8, 4) is 0 Å².